The molecule has 0 spiro atoms. The fraction of sp³-hybridized carbons (Fsp3) is 1.00. The van der Waals surface area contributed by atoms with Crippen molar-refractivity contribution in [1.29, 1.82) is 0 Å². The Morgan fingerprint density at radius 1 is 0.190 bits per heavy atom. The van der Waals surface area contributed by atoms with Gasteiger partial charge in [-0.15, -0.1) is 65.1 Å². The van der Waals surface area contributed by atoms with Crippen LogP contribution >= 0.6 is 0 Å². The SMILES string of the molecule is CC(C)(C)C[O-].CC(C)(C)C[O-].CC(C)(C)C[O-].CC(C)(C)C[O-].CC(C)(C)C[O-].CC(C)(C)C[O-].CC(C)(C)C[O-].CC(C)(C)C[O-].CC(C)(C)C[O-].CC(C)(C)[O-].[O-2].[Zr+4].[Zr+4].[Zr+4]. The average Bonchev–Trinajstić information content (AvgIpc) is 2.99. The van der Waals surface area contributed by atoms with Crippen LogP contribution in [-0.2, 0) is 84.1 Å². The fourth-order valence-electron chi connectivity index (χ4n) is 0. The van der Waals surface area contributed by atoms with Crippen molar-refractivity contribution >= 4 is 0 Å². The van der Waals surface area contributed by atoms with Crippen molar-refractivity contribution in [3.63, 3.8) is 0 Å². The van der Waals surface area contributed by atoms with E-state index in [2.05, 4.69) is 0 Å². The topological polar surface area (TPSA) is 259 Å². The maximum atomic E-state index is 10.1. The van der Waals surface area contributed by atoms with Crippen LogP contribution in [0.5, 0.6) is 0 Å². The van der Waals surface area contributed by atoms with Crippen molar-refractivity contribution in [2.75, 3.05) is 59.5 Å². The van der Waals surface area contributed by atoms with Gasteiger partial charge in [-0.2, -0.15) is 0 Å². The molecule has 0 unspecified atom stereocenters. The van der Waals surface area contributed by atoms with Gasteiger partial charge in [0.25, 0.3) is 0 Å². The molecule has 63 heavy (non-hydrogen) atoms. The summed E-state index contributed by atoms with van der Waals surface area (Å²) in [4.78, 5) is 0. The third-order valence-electron chi connectivity index (χ3n) is 3.90. The first kappa shape index (κ1) is 103. The molecule has 0 aliphatic heterocycles. The molecule has 0 bridgehead atoms. The molecule has 11 nitrogen and oxygen atoms in total. The van der Waals surface area contributed by atoms with E-state index in [4.69, 9.17) is 0 Å². The monoisotopic (exact) mass is 1140 g/mol. The first-order valence-electron chi connectivity index (χ1n) is 21.0. The summed E-state index contributed by atoms with van der Waals surface area (Å²) in [5.74, 6) is 0. The minimum Gasteiger partial charge on any atom is -2.00 e. The molecule has 0 aromatic rings. The van der Waals surface area contributed by atoms with Crippen LogP contribution in [0.1, 0.15) is 208 Å². The summed E-state index contributed by atoms with van der Waals surface area (Å²) in [7, 11) is 0. The Bertz CT molecular complexity index is 601. The van der Waals surface area contributed by atoms with Gasteiger partial charge < -0.3 is 56.5 Å². The zero-order chi connectivity index (χ0) is 51.4. The van der Waals surface area contributed by atoms with E-state index in [1.807, 2.05) is 187 Å². The summed E-state index contributed by atoms with van der Waals surface area (Å²) < 4.78 is 0. The van der Waals surface area contributed by atoms with Gasteiger partial charge in [0.15, 0.2) is 0 Å². The molecule has 0 aromatic heterocycles. The molecule has 0 radical (unpaired) electrons. The zero-order valence-electron chi connectivity index (χ0n) is 47.4. The predicted molar refractivity (Wildman–Crippen MR) is 239 cm³/mol. The fourth-order valence-corrected chi connectivity index (χ4v) is 0. The number of rotatable bonds is 0. The summed E-state index contributed by atoms with van der Waals surface area (Å²) in [6, 6.07) is 0. The van der Waals surface area contributed by atoms with Gasteiger partial charge in [0.1, 0.15) is 0 Å². The van der Waals surface area contributed by atoms with Crippen LogP contribution in [-0.4, -0.2) is 65.1 Å². The molecular weight excluding hydrogens is 1040 g/mol. The van der Waals surface area contributed by atoms with E-state index in [0.717, 1.165) is 0 Å². The van der Waals surface area contributed by atoms with Crippen molar-refractivity contribution < 1.29 is 135 Å². The molecule has 0 aliphatic carbocycles. The molecule has 14 heteroatoms. The Morgan fingerprint density at radius 2 is 0.206 bits per heavy atom. The molecule has 0 rings (SSSR count). The summed E-state index contributed by atoms with van der Waals surface area (Å²) in [6.07, 6.45) is 0. The molecule has 382 valence electrons. The molecule has 0 aromatic carbocycles. The molecule has 0 aliphatic rings. The predicted octanol–water partition coefficient (Wildman–Crippen LogP) is 3.55. The van der Waals surface area contributed by atoms with Crippen LogP contribution in [0, 0.1) is 48.7 Å². The second kappa shape index (κ2) is 50.6. The second-order valence-electron chi connectivity index (χ2n) is 26.5. The first-order valence-corrected chi connectivity index (χ1v) is 21.0. The molecule has 0 heterocycles. The maximum absolute atomic E-state index is 10.1. The zero-order valence-corrected chi connectivity index (χ0v) is 54.7. The van der Waals surface area contributed by atoms with Gasteiger partial charge in [-0.1, -0.05) is 256 Å². The summed E-state index contributed by atoms with van der Waals surface area (Å²) >= 11 is 0. The largest absolute Gasteiger partial charge is 4.00 e. The third kappa shape index (κ3) is 291. The number of hydrogen-bond acceptors (Lipinski definition) is 10. The van der Waals surface area contributed by atoms with Crippen molar-refractivity contribution in [3.8, 4) is 0 Å². The van der Waals surface area contributed by atoms with Crippen LogP contribution in [0.15, 0.2) is 0 Å². The summed E-state index contributed by atoms with van der Waals surface area (Å²) in [5, 5.41) is 99.7. The molecule has 0 atom stereocenters. The Kier molecular flexibility index (Phi) is 82.3. The van der Waals surface area contributed by atoms with Gasteiger partial charge in [0, 0.05) is 0 Å². The van der Waals surface area contributed by atoms with Crippen molar-refractivity contribution in [2.24, 2.45) is 48.7 Å². The van der Waals surface area contributed by atoms with Gasteiger partial charge in [0.05, 0.1) is 0 Å². The average molecular weight is 1150 g/mol. The molecule has 0 fully saturated rings. The standard InChI is InChI=1S/9C5H11O.C4H9O.O.3Zr/c9*1-5(2,3)4-6;1-4(2,3)5;;;;/h9*4H2,1-3H3;1-3H3;;;;/q10*-1;-2;3*+4. The van der Waals surface area contributed by atoms with Crippen molar-refractivity contribution in [1.82, 2.24) is 0 Å². The maximum Gasteiger partial charge on any atom is 4.00 e. The Hall–Kier alpha value is 2.21. The summed E-state index contributed by atoms with van der Waals surface area (Å²) in [5.41, 5.74) is -0.875. The van der Waals surface area contributed by atoms with E-state index in [0.29, 0.717) is 0 Å². The van der Waals surface area contributed by atoms with Gasteiger partial charge in [-0.05, 0) is 0 Å². The van der Waals surface area contributed by atoms with Crippen molar-refractivity contribution in [3.05, 3.63) is 0 Å². The Labute approximate surface area is 452 Å². The van der Waals surface area contributed by atoms with Crippen molar-refractivity contribution in [2.45, 2.75) is 213 Å². The number of hydrogen-bond donors (Lipinski definition) is 0. The minimum absolute atomic E-state index is 0. The van der Waals surface area contributed by atoms with Crippen LogP contribution in [0.25, 0.3) is 0 Å². The molecule has 0 saturated heterocycles. The van der Waals surface area contributed by atoms with Crippen LogP contribution in [0.3, 0.4) is 0 Å². The molecule has 0 saturated carbocycles. The quantitative estimate of drug-likeness (QED) is 0.341. The summed E-state index contributed by atoms with van der Waals surface area (Å²) in [6.45, 7) is 57.2. The first-order chi connectivity index (χ1) is 25.0. The van der Waals surface area contributed by atoms with E-state index < -0.39 is 5.60 Å². The second-order valence-corrected chi connectivity index (χ2v) is 26.5. The normalized spacial score (nSPS) is 11.2. The molecule has 0 amide bonds. The molecule has 0 N–H and O–H groups in total. The van der Waals surface area contributed by atoms with E-state index in [1.165, 1.54) is 0 Å². The van der Waals surface area contributed by atoms with Crippen LogP contribution < -0.4 is 51.1 Å². The Morgan fingerprint density at radius 3 is 0.206 bits per heavy atom. The smallest absolute Gasteiger partial charge is 2.00 e. The van der Waals surface area contributed by atoms with Gasteiger partial charge in [-0.3, -0.25) is 0 Å². The van der Waals surface area contributed by atoms with Gasteiger partial charge in [0.2, 0.25) is 0 Å². The van der Waals surface area contributed by atoms with E-state index in [1.54, 1.807) is 20.8 Å². The third-order valence-corrected chi connectivity index (χ3v) is 3.90. The Balaban J connectivity index is -0.0000000351. The van der Waals surface area contributed by atoms with E-state index in [-0.39, 0.29) is 192 Å². The van der Waals surface area contributed by atoms with E-state index >= 15 is 0 Å². The minimum atomic E-state index is -0.750. The van der Waals surface area contributed by atoms with Crippen LogP contribution in [0.2, 0.25) is 0 Å². The van der Waals surface area contributed by atoms with Crippen LogP contribution in [0.4, 0.5) is 0 Å². The van der Waals surface area contributed by atoms with Gasteiger partial charge in [-0.25, -0.2) is 0 Å². The molecular formula is C49H108O11Zr3. The van der Waals surface area contributed by atoms with Gasteiger partial charge >= 0.3 is 78.6 Å². The van der Waals surface area contributed by atoms with E-state index in [9.17, 15) is 51.1 Å².